The van der Waals surface area contributed by atoms with Gasteiger partial charge in [0.15, 0.2) is 5.82 Å². The predicted molar refractivity (Wildman–Crippen MR) is 157 cm³/mol. The van der Waals surface area contributed by atoms with Crippen LogP contribution in [-0.4, -0.2) is 36.2 Å². The summed E-state index contributed by atoms with van der Waals surface area (Å²) in [6, 6.07) is 26.0. The van der Waals surface area contributed by atoms with Gasteiger partial charge in [0.05, 0.1) is 29.7 Å². The number of ether oxygens (including phenoxy) is 1. The number of nitrogens with one attached hydrogen (secondary N) is 3. The molecular weight excluding hydrogens is 597 g/mol. The molecule has 1 heterocycles. The number of hydrogen-bond acceptors (Lipinski definition) is 7. The van der Waals surface area contributed by atoms with E-state index in [1.807, 2.05) is 6.07 Å². The second-order valence-corrected chi connectivity index (χ2v) is 11.1. The van der Waals surface area contributed by atoms with Crippen LogP contribution < -0.4 is 20.3 Å². The zero-order valence-electron chi connectivity index (χ0n) is 23.0. The first-order valence-electron chi connectivity index (χ1n) is 13.0. The molecule has 0 saturated carbocycles. The van der Waals surface area contributed by atoms with E-state index < -0.39 is 27.7 Å². The molecule has 0 fully saturated rings. The highest BCUT2D eigenvalue weighted by atomic mass is 32.2. The van der Waals surface area contributed by atoms with Gasteiger partial charge in [-0.3, -0.25) is 10.2 Å². The molecule has 14 heteroatoms. The van der Waals surface area contributed by atoms with Crippen LogP contribution in [0.2, 0.25) is 0 Å². The number of sulfonamides is 1. The Morgan fingerprint density at radius 1 is 0.909 bits per heavy atom. The average Bonchev–Trinajstić information content (AvgIpc) is 3.45. The van der Waals surface area contributed by atoms with Gasteiger partial charge in [-0.15, -0.1) is 9.93 Å². The number of carbonyl (C=O) groups is 1. The normalized spacial score (nSPS) is 11.6. The lowest BCUT2D eigenvalue weighted by Gasteiger charge is -2.10. The molecule has 44 heavy (non-hydrogen) atoms. The van der Waals surface area contributed by atoms with Gasteiger partial charge in [-0.25, -0.2) is 13.1 Å². The van der Waals surface area contributed by atoms with Crippen molar-refractivity contribution in [1.29, 1.82) is 0 Å². The summed E-state index contributed by atoms with van der Waals surface area (Å²) in [5.74, 6) is 0.372. The van der Waals surface area contributed by atoms with Gasteiger partial charge in [0.1, 0.15) is 5.75 Å². The van der Waals surface area contributed by atoms with E-state index >= 15 is 0 Å². The summed E-state index contributed by atoms with van der Waals surface area (Å²) in [5.41, 5.74) is 3.35. The molecule has 4 aromatic carbocycles. The molecule has 0 atom stereocenters. The fourth-order valence-corrected chi connectivity index (χ4v) is 5.00. The van der Waals surface area contributed by atoms with Gasteiger partial charge in [0.2, 0.25) is 11.9 Å². The van der Waals surface area contributed by atoms with E-state index in [1.165, 1.54) is 48.2 Å². The quantitative estimate of drug-likeness (QED) is 0.182. The van der Waals surface area contributed by atoms with Crippen LogP contribution in [0.15, 0.2) is 108 Å². The molecule has 5 aromatic rings. The summed E-state index contributed by atoms with van der Waals surface area (Å²) in [5, 5.41) is 7.45. The molecule has 0 saturated heterocycles. The number of benzene rings is 4. The number of hydrogen-bond donors (Lipinski definition) is 3. The lowest BCUT2D eigenvalue weighted by molar-refractivity contribution is -0.137. The monoisotopic (exact) mass is 622 g/mol. The Morgan fingerprint density at radius 3 is 2.27 bits per heavy atom. The molecule has 1 amide bonds. The predicted octanol–water partition coefficient (Wildman–Crippen LogP) is 5.26. The third kappa shape index (κ3) is 7.22. The van der Waals surface area contributed by atoms with Crippen molar-refractivity contribution in [3.05, 3.63) is 114 Å². The molecule has 226 valence electrons. The van der Waals surface area contributed by atoms with Crippen LogP contribution in [-0.2, 0) is 27.4 Å². The van der Waals surface area contributed by atoms with Crippen molar-refractivity contribution in [3.63, 3.8) is 0 Å². The summed E-state index contributed by atoms with van der Waals surface area (Å²) in [6.45, 7) is 0. The van der Waals surface area contributed by atoms with Crippen LogP contribution in [0.1, 0.15) is 11.1 Å². The van der Waals surface area contributed by atoms with E-state index in [2.05, 4.69) is 25.7 Å². The van der Waals surface area contributed by atoms with Gasteiger partial charge in [0, 0.05) is 11.3 Å². The van der Waals surface area contributed by atoms with Gasteiger partial charge in [-0.05, 0) is 60.2 Å². The Morgan fingerprint density at radius 2 is 1.61 bits per heavy atom. The van der Waals surface area contributed by atoms with E-state index in [1.54, 1.807) is 48.5 Å². The SMILES string of the molecule is COc1ccc(S(=O)(=O)NNC(=O)Cc2ccc(Nc3nc(-c4ccccc4)n(-c4cccc(C(F)(F)F)c4)n3)cc2)cc1. The molecule has 0 aliphatic carbocycles. The number of anilines is 2. The van der Waals surface area contributed by atoms with Crippen molar-refractivity contribution < 1.29 is 31.1 Å². The van der Waals surface area contributed by atoms with E-state index in [0.29, 0.717) is 28.4 Å². The lowest BCUT2D eigenvalue weighted by Crippen LogP contribution is -2.42. The van der Waals surface area contributed by atoms with Crippen molar-refractivity contribution in [3.8, 4) is 22.8 Å². The van der Waals surface area contributed by atoms with Gasteiger partial charge < -0.3 is 10.1 Å². The first-order valence-corrected chi connectivity index (χ1v) is 14.5. The average molecular weight is 623 g/mol. The molecule has 10 nitrogen and oxygen atoms in total. The fourth-order valence-electron chi connectivity index (χ4n) is 4.14. The van der Waals surface area contributed by atoms with Crippen molar-refractivity contribution in [2.75, 3.05) is 12.4 Å². The molecule has 0 aliphatic heterocycles. The van der Waals surface area contributed by atoms with Crippen LogP contribution in [0.5, 0.6) is 5.75 Å². The smallest absolute Gasteiger partial charge is 0.416 e. The van der Waals surface area contributed by atoms with Gasteiger partial charge >= 0.3 is 6.18 Å². The van der Waals surface area contributed by atoms with Crippen molar-refractivity contribution in [2.24, 2.45) is 0 Å². The maximum Gasteiger partial charge on any atom is 0.416 e. The van der Waals surface area contributed by atoms with E-state index in [9.17, 15) is 26.4 Å². The van der Waals surface area contributed by atoms with Crippen LogP contribution >= 0.6 is 0 Å². The molecule has 0 aliphatic rings. The van der Waals surface area contributed by atoms with Crippen LogP contribution in [0, 0.1) is 0 Å². The van der Waals surface area contributed by atoms with Crippen LogP contribution in [0.25, 0.3) is 17.1 Å². The lowest BCUT2D eigenvalue weighted by atomic mass is 10.1. The molecular formula is C30H25F3N6O4S. The topological polar surface area (TPSA) is 127 Å². The van der Waals surface area contributed by atoms with Crippen LogP contribution in [0.3, 0.4) is 0 Å². The Hall–Kier alpha value is -5.21. The zero-order chi connectivity index (χ0) is 31.3. The van der Waals surface area contributed by atoms with Crippen molar-refractivity contribution >= 4 is 27.6 Å². The standard InChI is InChI=1S/C30H25F3N6O4S/c1-43-25-14-16-26(17-15-25)44(41,42)38-36-27(40)18-20-10-12-23(13-11-20)34-29-35-28(21-6-3-2-4-7-21)39(37-29)24-9-5-8-22(19-24)30(31,32)33/h2-17,19,38H,18H2,1H3,(H,34,37)(H,36,40). The highest BCUT2D eigenvalue weighted by molar-refractivity contribution is 7.89. The van der Waals surface area contributed by atoms with Crippen molar-refractivity contribution in [2.45, 2.75) is 17.5 Å². The van der Waals surface area contributed by atoms with Gasteiger partial charge in [-0.2, -0.15) is 18.2 Å². The fraction of sp³-hybridized carbons (Fsp3) is 0.100. The second kappa shape index (κ2) is 12.6. The molecule has 1 aromatic heterocycles. The van der Waals surface area contributed by atoms with E-state index in [4.69, 9.17) is 4.74 Å². The Balaban J connectivity index is 1.28. The Labute approximate surface area is 250 Å². The third-order valence-corrected chi connectivity index (χ3v) is 7.59. The first kappa shape index (κ1) is 30.3. The highest BCUT2D eigenvalue weighted by Crippen LogP contribution is 2.32. The zero-order valence-corrected chi connectivity index (χ0v) is 23.9. The van der Waals surface area contributed by atoms with Gasteiger partial charge in [-0.1, -0.05) is 48.5 Å². The molecule has 0 unspecified atom stereocenters. The number of carbonyl (C=O) groups excluding carboxylic acids is 1. The minimum atomic E-state index is -4.52. The maximum atomic E-state index is 13.4. The number of rotatable bonds is 10. The summed E-state index contributed by atoms with van der Waals surface area (Å²) >= 11 is 0. The molecule has 0 radical (unpaired) electrons. The minimum Gasteiger partial charge on any atom is -0.497 e. The number of alkyl halides is 3. The van der Waals surface area contributed by atoms with Crippen molar-refractivity contribution in [1.82, 2.24) is 25.0 Å². The summed E-state index contributed by atoms with van der Waals surface area (Å²) in [7, 11) is -2.52. The van der Waals surface area contributed by atoms with Gasteiger partial charge in [0.25, 0.3) is 10.0 Å². The van der Waals surface area contributed by atoms with E-state index in [0.717, 1.165) is 12.1 Å². The molecule has 0 spiro atoms. The summed E-state index contributed by atoms with van der Waals surface area (Å²) in [4.78, 5) is 18.9. The largest absolute Gasteiger partial charge is 0.497 e. The number of aromatic nitrogens is 3. The van der Waals surface area contributed by atoms with Crippen LogP contribution in [0.4, 0.5) is 24.8 Å². The summed E-state index contributed by atoms with van der Waals surface area (Å²) in [6.07, 6.45) is -4.64. The maximum absolute atomic E-state index is 13.4. The molecule has 5 rings (SSSR count). The first-order chi connectivity index (χ1) is 21.0. The molecule has 3 N–H and O–H groups in total. The molecule has 0 bridgehead atoms. The number of hydrazine groups is 1. The number of methoxy groups -OCH3 is 1. The van der Waals surface area contributed by atoms with E-state index in [-0.39, 0.29) is 23.0 Å². The Kier molecular flexibility index (Phi) is 8.64. The highest BCUT2D eigenvalue weighted by Gasteiger charge is 2.31. The third-order valence-electron chi connectivity index (χ3n) is 6.33. The number of nitrogens with zero attached hydrogens (tertiary/aromatic N) is 3. The minimum absolute atomic E-state index is 0.0476. The number of halogens is 3. The second-order valence-electron chi connectivity index (χ2n) is 9.41. The summed E-state index contributed by atoms with van der Waals surface area (Å²) < 4.78 is 71.4. The Bertz CT molecular complexity index is 1860. The number of amides is 1.